The Morgan fingerprint density at radius 3 is 2.42 bits per heavy atom. The Labute approximate surface area is 193 Å². The third kappa shape index (κ3) is 3.18. The molecule has 0 aromatic rings. The minimum Gasteiger partial charge on any atom is -0.396 e. The lowest BCUT2D eigenvalue weighted by Crippen LogP contribution is -2.61. The summed E-state index contributed by atoms with van der Waals surface area (Å²) < 4.78 is 0. The van der Waals surface area contributed by atoms with E-state index in [9.17, 15) is 5.11 Å². The molecule has 0 aromatic carbocycles. The number of hydrogen-bond donors (Lipinski definition) is 1. The fraction of sp³-hybridized carbons (Fsp3) is 0.867. The summed E-state index contributed by atoms with van der Waals surface area (Å²) in [5.74, 6) is 3.71. The lowest BCUT2D eigenvalue weighted by molar-refractivity contribution is -0.143. The summed E-state index contributed by atoms with van der Waals surface area (Å²) >= 11 is 0. The minimum atomic E-state index is 0.249. The molecule has 176 valence electrons. The van der Waals surface area contributed by atoms with Gasteiger partial charge in [0.1, 0.15) is 0 Å². The zero-order valence-electron chi connectivity index (χ0n) is 21.7. The molecule has 0 spiro atoms. The van der Waals surface area contributed by atoms with E-state index in [0.717, 1.165) is 30.6 Å². The van der Waals surface area contributed by atoms with Crippen molar-refractivity contribution < 1.29 is 5.11 Å². The van der Waals surface area contributed by atoms with Crippen LogP contribution in [0.25, 0.3) is 0 Å². The van der Waals surface area contributed by atoms with Gasteiger partial charge in [0.25, 0.3) is 0 Å². The zero-order chi connectivity index (χ0) is 22.8. The van der Waals surface area contributed by atoms with Crippen LogP contribution >= 0.6 is 0 Å². The molecule has 4 rings (SSSR count). The van der Waals surface area contributed by atoms with Gasteiger partial charge in [-0.2, -0.15) is 0 Å². The van der Waals surface area contributed by atoms with E-state index in [1.807, 2.05) is 5.57 Å². The van der Waals surface area contributed by atoms with Gasteiger partial charge >= 0.3 is 0 Å². The third-order valence-electron chi connectivity index (χ3n) is 12.1. The van der Waals surface area contributed by atoms with E-state index in [4.69, 9.17) is 0 Å². The van der Waals surface area contributed by atoms with Crippen molar-refractivity contribution >= 4 is 0 Å². The molecule has 0 aromatic heterocycles. The van der Waals surface area contributed by atoms with Gasteiger partial charge in [-0.1, -0.05) is 65.3 Å². The SMILES string of the molecule is C=C(C)[C@@H]1CC[C@]2(C)[C@H](CC=C3[C@@H]4[C@@H](C)[C@H](C)CC[C@]4(C)CC[C@]32C)[C@@]1(C)CCCO. The van der Waals surface area contributed by atoms with Crippen molar-refractivity contribution in [3.05, 3.63) is 23.8 Å². The Bertz CT molecular complexity index is 750. The molecule has 4 aliphatic carbocycles. The molecule has 1 heteroatoms. The molecule has 0 radical (unpaired) electrons. The van der Waals surface area contributed by atoms with E-state index in [-0.39, 0.29) is 5.41 Å². The summed E-state index contributed by atoms with van der Waals surface area (Å²) in [4.78, 5) is 0. The Morgan fingerprint density at radius 2 is 1.77 bits per heavy atom. The molecule has 3 fully saturated rings. The number of hydrogen-bond acceptors (Lipinski definition) is 1. The molecule has 1 nitrogen and oxygen atoms in total. The Hall–Kier alpha value is -0.560. The topological polar surface area (TPSA) is 20.2 Å². The van der Waals surface area contributed by atoms with Crippen LogP contribution < -0.4 is 0 Å². The average molecular weight is 427 g/mol. The molecular formula is C30H50O. The van der Waals surface area contributed by atoms with Crippen LogP contribution in [0.2, 0.25) is 0 Å². The summed E-state index contributed by atoms with van der Waals surface area (Å²) in [6, 6.07) is 0. The lowest BCUT2D eigenvalue weighted by Gasteiger charge is -2.69. The Balaban J connectivity index is 1.80. The average Bonchev–Trinajstić information content (AvgIpc) is 2.70. The van der Waals surface area contributed by atoms with Crippen molar-refractivity contribution in [2.24, 2.45) is 51.2 Å². The van der Waals surface area contributed by atoms with Crippen molar-refractivity contribution in [3.63, 3.8) is 0 Å². The molecule has 4 aliphatic rings. The number of aliphatic hydroxyl groups is 1. The van der Waals surface area contributed by atoms with Gasteiger partial charge in [0.05, 0.1) is 0 Å². The molecule has 0 amide bonds. The summed E-state index contributed by atoms with van der Waals surface area (Å²) in [7, 11) is 0. The highest BCUT2D eigenvalue weighted by molar-refractivity contribution is 5.34. The number of fused-ring (bicyclic) bond motifs is 5. The first-order valence-corrected chi connectivity index (χ1v) is 13.4. The number of rotatable bonds is 4. The normalized spacial score (nSPS) is 51.9. The van der Waals surface area contributed by atoms with Gasteiger partial charge in [-0.25, -0.2) is 0 Å². The van der Waals surface area contributed by atoms with Crippen molar-refractivity contribution in [1.82, 2.24) is 0 Å². The Kier molecular flexibility index (Phi) is 5.90. The van der Waals surface area contributed by atoms with Gasteiger partial charge in [-0.15, -0.1) is 0 Å². The molecule has 9 atom stereocenters. The van der Waals surface area contributed by atoms with E-state index in [2.05, 4.69) is 61.1 Å². The maximum atomic E-state index is 9.71. The quantitative estimate of drug-likeness (QED) is 0.449. The van der Waals surface area contributed by atoms with Gasteiger partial charge in [0.15, 0.2) is 0 Å². The predicted molar refractivity (Wildman–Crippen MR) is 133 cm³/mol. The van der Waals surface area contributed by atoms with E-state index < -0.39 is 0 Å². The summed E-state index contributed by atoms with van der Waals surface area (Å²) in [5, 5.41) is 9.71. The lowest BCUT2D eigenvalue weighted by atomic mass is 9.35. The van der Waals surface area contributed by atoms with E-state index >= 15 is 0 Å². The van der Waals surface area contributed by atoms with Gasteiger partial charge < -0.3 is 5.11 Å². The molecule has 3 saturated carbocycles. The van der Waals surface area contributed by atoms with Gasteiger partial charge in [-0.3, -0.25) is 0 Å². The molecular weight excluding hydrogens is 376 g/mol. The standard InChI is InChI=1S/C30H50O/c1-20(2)23-13-16-30(8)25(28(23,6)14-9-19-31)11-10-24-26-22(4)21(3)12-15-27(26,5)17-18-29(24,30)7/h10,21-23,25-26,31H,1,9,11-19H2,2-8H3/t21-,22+,23+,25-,26+,27-,28+,29-,30-/m1/s1. The van der Waals surface area contributed by atoms with E-state index in [1.165, 1.54) is 50.5 Å². The predicted octanol–water partition coefficient (Wildman–Crippen LogP) is 8.19. The molecule has 0 aliphatic heterocycles. The van der Waals surface area contributed by atoms with Crippen LogP contribution in [0.15, 0.2) is 23.8 Å². The second kappa shape index (κ2) is 7.75. The zero-order valence-corrected chi connectivity index (χ0v) is 21.7. The maximum Gasteiger partial charge on any atom is 0.0431 e. The van der Waals surface area contributed by atoms with Gasteiger partial charge in [0, 0.05) is 6.61 Å². The molecule has 1 N–H and O–H groups in total. The summed E-state index contributed by atoms with van der Waals surface area (Å²) in [5.41, 5.74) is 4.67. The largest absolute Gasteiger partial charge is 0.396 e. The highest BCUT2D eigenvalue weighted by atomic mass is 16.2. The van der Waals surface area contributed by atoms with Crippen LogP contribution in [0.4, 0.5) is 0 Å². The van der Waals surface area contributed by atoms with E-state index in [0.29, 0.717) is 34.7 Å². The van der Waals surface area contributed by atoms with Crippen LogP contribution in [0, 0.1) is 51.2 Å². The highest BCUT2D eigenvalue weighted by Gasteiger charge is 2.65. The second-order valence-corrected chi connectivity index (χ2v) is 13.5. The first-order chi connectivity index (χ1) is 14.4. The van der Waals surface area contributed by atoms with Crippen molar-refractivity contribution in [1.29, 1.82) is 0 Å². The van der Waals surface area contributed by atoms with Crippen LogP contribution in [0.1, 0.15) is 106 Å². The van der Waals surface area contributed by atoms with Crippen LogP contribution in [0.3, 0.4) is 0 Å². The first-order valence-electron chi connectivity index (χ1n) is 13.4. The van der Waals surface area contributed by atoms with Crippen LogP contribution in [0.5, 0.6) is 0 Å². The van der Waals surface area contributed by atoms with Crippen molar-refractivity contribution in [2.75, 3.05) is 6.61 Å². The van der Waals surface area contributed by atoms with Crippen molar-refractivity contribution in [3.8, 4) is 0 Å². The molecule has 0 heterocycles. The van der Waals surface area contributed by atoms with E-state index in [1.54, 1.807) is 0 Å². The Morgan fingerprint density at radius 1 is 1.06 bits per heavy atom. The third-order valence-corrected chi connectivity index (χ3v) is 12.1. The fourth-order valence-corrected chi connectivity index (χ4v) is 9.84. The first kappa shape index (κ1) is 23.6. The van der Waals surface area contributed by atoms with Gasteiger partial charge in [-0.05, 0) is 116 Å². The smallest absolute Gasteiger partial charge is 0.0431 e. The number of aliphatic hydroxyl groups excluding tert-OH is 1. The molecule has 0 unspecified atom stereocenters. The summed E-state index contributed by atoms with van der Waals surface area (Å²) in [6.45, 7) is 22.6. The van der Waals surface area contributed by atoms with Crippen LogP contribution in [-0.4, -0.2) is 11.7 Å². The summed E-state index contributed by atoms with van der Waals surface area (Å²) in [6.07, 6.45) is 14.3. The second-order valence-electron chi connectivity index (χ2n) is 13.5. The van der Waals surface area contributed by atoms with Crippen molar-refractivity contribution in [2.45, 2.75) is 106 Å². The molecule has 0 saturated heterocycles. The number of allylic oxidation sites excluding steroid dienone is 3. The maximum absolute atomic E-state index is 9.71. The van der Waals surface area contributed by atoms with Gasteiger partial charge in [0.2, 0.25) is 0 Å². The molecule has 31 heavy (non-hydrogen) atoms. The highest BCUT2D eigenvalue weighted by Crippen LogP contribution is 2.74. The van der Waals surface area contributed by atoms with Crippen LogP contribution in [-0.2, 0) is 0 Å². The monoisotopic (exact) mass is 426 g/mol. The fourth-order valence-electron chi connectivity index (χ4n) is 9.84. The molecule has 0 bridgehead atoms. The minimum absolute atomic E-state index is 0.249.